The summed E-state index contributed by atoms with van der Waals surface area (Å²) in [5.74, 6) is -0.204. The van der Waals surface area contributed by atoms with Crippen molar-refractivity contribution in [1.82, 2.24) is 0 Å². The predicted octanol–water partition coefficient (Wildman–Crippen LogP) is 5.45. The van der Waals surface area contributed by atoms with Crippen molar-refractivity contribution in [2.24, 2.45) is 0 Å². The van der Waals surface area contributed by atoms with Crippen LogP contribution in [0.5, 0.6) is 0 Å². The maximum Gasteiger partial charge on any atom is 0.271 e. The molecule has 1 saturated heterocycles. The molecule has 25 heavy (non-hydrogen) atoms. The lowest BCUT2D eigenvalue weighted by molar-refractivity contribution is -0.113. The normalized spacial score (nSPS) is 16.4. The van der Waals surface area contributed by atoms with Crippen LogP contribution in [0.3, 0.4) is 0 Å². The fourth-order valence-electron chi connectivity index (χ4n) is 2.52. The summed E-state index contributed by atoms with van der Waals surface area (Å²) < 4.78 is 1.45. The first-order valence-electron chi connectivity index (χ1n) is 7.52. The van der Waals surface area contributed by atoms with Crippen molar-refractivity contribution in [1.29, 1.82) is 0 Å². The molecule has 1 fully saturated rings. The van der Waals surface area contributed by atoms with Gasteiger partial charge in [-0.15, -0.1) is 0 Å². The molecule has 2 aromatic rings. The summed E-state index contributed by atoms with van der Waals surface area (Å²) in [5.41, 5.74) is 3.03. The average molecular weight is 432 g/mol. The molecule has 0 unspecified atom stereocenters. The molecular formula is C19H14BrNO2S2. The monoisotopic (exact) mass is 431 g/mol. The number of nitrogens with zero attached hydrogens (tertiary/aromatic N) is 1. The Morgan fingerprint density at radius 2 is 1.76 bits per heavy atom. The van der Waals surface area contributed by atoms with E-state index in [4.69, 9.17) is 12.2 Å². The van der Waals surface area contributed by atoms with Crippen molar-refractivity contribution in [3.8, 4) is 0 Å². The predicted molar refractivity (Wildman–Crippen MR) is 111 cm³/mol. The van der Waals surface area contributed by atoms with Crippen molar-refractivity contribution in [3.05, 3.63) is 69.0 Å². The molecule has 3 nitrogen and oxygen atoms in total. The van der Waals surface area contributed by atoms with Crippen molar-refractivity contribution in [2.45, 2.75) is 13.8 Å². The number of hydrogen-bond acceptors (Lipinski definition) is 4. The summed E-state index contributed by atoms with van der Waals surface area (Å²) in [4.78, 5) is 26.7. The number of benzene rings is 2. The highest BCUT2D eigenvalue weighted by molar-refractivity contribution is 9.10. The molecule has 1 amide bonds. The molecule has 2 aromatic carbocycles. The second kappa shape index (κ2) is 7.23. The Balaban J connectivity index is 2.00. The Bertz CT molecular complexity index is 919. The standard InChI is InChI=1S/C19H14BrNO2S2/c1-11(13-6-8-15(20)9-7-13)17-18(23)21(19(24)25-17)16-5-3-4-14(10-16)12(2)22/h3-10H,1-2H3/b17-11-. The number of carbonyl (C=O) groups is 2. The number of allylic oxidation sites excluding steroid dienone is 1. The number of thiocarbonyl (C=S) groups is 1. The largest absolute Gasteiger partial charge is 0.295 e. The lowest BCUT2D eigenvalue weighted by Crippen LogP contribution is -2.27. The van der Waals surface area contributed by atoms with Crippen LogP contribution in [-0.4, -0.2) is 16.0 Å². The van der Waals surface area contributed by atoms with Gasteiger partial charge < -0.3 is 0 Å². The summed E-state index contributed by atoms with van der Waals surface area (Å²) >= 11 is 10.1. The minimum atomic E-state index is -0.156. The Morgan fingerprint density at radius 1 is 1.08 bits per heavy atom. The van der Waals surface area contributed by atoms with E-state index < -0.39 is 0 Å². The van der Waals surface area contributed by atoms with E-state index in [9.17, 15) is 9.59 Å². The third kappa shape index (κ3) is 3.61. The number of Topliss-reactive ketones (excluding diaryl/α,β-unsaturated/α-hetero) is 1. The lowest BCUT2D eigenvalue weighted by Gasteiger charge is -2.15. The highest BCUT2D eigenvalue weighted by Gasteiger charge is 2.35. The van der Waals surface area contributed by atoms with Crippen molar-refractivity contribution >= 4 is 67.2 Å². The van der Waals surface area contributed by atoms with Gasteiger partial charge in [0.1, 0.15) is 0 Å². The lowest BCUT2D eigenvalue weighted by atomic mass is 10.1. The Labute approximate surface area is 164 Å². The van der Waals surface area contributed by atoms with Gasteiger partial charge in [-0.1, -0.05) is 64.2 Å². The fourth-order valence-corrected chi connectivity index (χ4v) is 4.12. The van der Waals surface area contributed by atoms with Gasteiger partial charge in [-0.3, -0.25) is 14.5 Å². The third-order valence-corrected chi connectivity index (χ3v) is 5.90. The van der Waals surface area contributed by atoms with Crippen LogP contribution >= 0.6 is 39.9 Å². The first-order chi connectivity index (χ1) is 11.9. The van der Waals surface area contributed by atoms with E-state index in [0.29, 0.717) is 20.5 Å². The third-order valence-electron chi connectivity index (χ3n) is 3.90. The summed E-state index contributed by atoms with van der Waals surface area (Å²) in [5, 5.41) is 0. The molecule has 0 bridgehead atoms. The second-order valence-corrected chi connectivity index (χ2v) is 8.14. The molecule has 1 heterocycles. The van der Waals surface area contributed by atoms with E-state index in [-0.39, 0.29) is 11.7 Å². The average Bonchev–Trinajstić information content (AvgIpc) is 2.89. The van der Waals surface area contributed by atoms with Gasteiger partial charge in [-0.25, -0.2) is 0 Å². The highest BCUT2D eigenvalue weighted by Crippen LogP contribution is 2.39. The van der Waals surface area contributed by atoms with E-state index in [1.807, 2.05) is 31.2 Å². The van der Waals surface area contributed by atoms with Crippen molar-refractivity contribution in [2.75, 3.05) is 4.90 Å². The molecule has 0 spiro atoms. The Morgan fingerprint density at radius 3 is 2.40 bits per heavy atom. The van der Waals surface area contributed by atoms with Crippen molar-refractivity contribution in [3.63, 3.8) is 0 Å². The second-order valence-electron chi connectivity index (χ2n) is 5.58. The molecule has 0 aromatic heterocycles. The molecule has 0 saturated carbocycles. The van der Waals surface area contributed by atoms with E-state index in [2.05, 4.69) is 15.9 Å². The van der Waals surface area contributed by atoms with Gasteiger partial charge in [0.15, 0.2) is 10.1 Å². The van der Waals surface area contributed by atoms with Crippen LogP contribution in [0, 0.1) is 0 Å². The number of hydrogen-bond donors (Lipinski definition) is 0. The Kier molecular flexibility index (Phi) is 5.22. The minimum absolute atomic E-state index is 0.0473. The molecule has 0 aliphatic carbocycles. The number of anilines is 1. The number of amides is 1. The van der Waals surface area contributed by atoms with E-state index >= 15 is 0 Å². The maximum atomic E-state index is 12.9. The minimum Gasteiger partial charge on any atom is -0.295 e. The number of halogens is 1. The number of thioether (sulfide) groups is 1. The summed E-state index contributed by atoms with van der Waals surface area (Å²) in [6.07, 6.45) is 0. The number of rotatable bonds is 3. The molecule has 1 aliphatic heterocycles. The van der Waals surface area contributed by atoms with Gasteiger partial charge in [0.2, 0.25) is 0 Å². The van der Waals surface area contributed by atoms with E-state index in [1.54, 1.807) is 24.3 Å². The smallest absolute Gasteiger partial charge is 0.271 e. The highest BCUT2D eigenvalue weighted by atomic mass is 79.9. The SMILES string of the molecule is CC(=O)c1cccc(N2C(=O)/C(=C(\C)c3ccc(Br)cc3)SC2=S)c1. The van der Waals surface area contributed by atoms with Gasteiger partial charge in [-0.05, 0) is 49.2 Å². The van der Waals surface area contributed by atoms with Crippen LogP contribution < -0.4 is 4.90 Å². The Hall–Kier alpha value is -1.76. The molecular weight excluding hydrogens is 418 g/mol. The zero-order valence-corrected chi connectivity index (χ0v) is 16.8. The van der Waals surface area contributed by atoms with Crippen molar-refractivity contribution < 1.29 is 9.59 Å². The maximum absolute atomic E-state index is 12.9. The van der Waals surface area contributed by atoms with Crippen LogP contribution in [0.25, 0.3) is 5.57 Å². The van der Waals surface area contributed by atoms with Gasteiger partial charge in [0, 0.05) is 10.0 Å². The van der Waals surface area contributed by atoms with E-state index in [0.717, 1.165) is 15.6 Å². The van der Waals surface area contributed by atoms with Gasteiger partial charge in [0.25, 0.3) is 5.91 Å². The molecule has 126 valence electrons. The summed E-state index contributed by atoms with van der Waals surface area (Å²) in [6.45, 7) is 3.42. The topological polar surface area (TPSA) is 37.4 Å². The number of ketones is 1. The zero-order chi connectivity index (χ0) is 18.1. The first kappa shape index (κ1) is 18.0. The fraction of sp³-hybridized carbons (Fsp3) is 0.105. The van der Waals surface area contributed by atoms with Crippen LogP contribution in [0.15, 0.2) is 57.9 Å². The summed E-state index contributed by atoms with van der Waals surface area (Å²) in [6, 6.07) is 14.8. The van der Waals surface area contributed by atoms with Crippen LogP contribution in [0.4, 0.5) is 5.69 Å². The molecule has 3 rings (SSSR count). The first-order valence-corrected chi connectivity index (χ1v) is 9.54. The number of carbonyl (C=O) groups excluding carboxylic acids is 2. The quantitative estimate of drug-likeness (QED) is 0.367. The van der Waals surface area contributed by atoms with Gasteiger partial charge in [-0.2, -0.15) is 0 Å². The van der Waals surface area contributed by atoms with Gasteiger partial charge >= 0.3 is 0 Å². The van der Waals surface area contributed by atoms with E-state index in [1.165, 1.54) is 23.6 Å². The molecule has 6 heteroatoms. The molecule has 0 N–H and O–H groups in total. The summed E-state index contributed by atoms with van der Waals surface area (Å²) in [7, 11) is 0. The van der Waals surface area contributed by atoms with Crippen LogP contribution in [0.1, 0.15) is 29.8 Å². The zero-order valence-electron chi connectivity index (χ0n) is 13.6. The molecule has 0 radical (unpaired) electrons. The van der Waals surface area contributed by atoms with Gasteiger partial charge in [0.05, 0.1) is 10.6 Å². The molecule has 1 aliphatic rings. The van der Waals surface area contributed by atoms with Crippen LogP contribution in [-0.2, 0) is 4.79 Å². The molecule has 0 atom stereocenters. The van der Waals surface area contributed by atoms with Crippen LogP contribution in [0.2, 0.25) is 0 Å².